The van der Waals surface area contributed by atoms with Gasteiger partial charge in [-0.15, -0.1) is 0 Å². The van der Waals surface area contributed by atoms with Gasteiger partial charge in [0, 0.05) is 10.6 Å². The molecule has 128 valence electrons. The van der Waals surface area contributed by atoms with Crippen molar-refractivity contribution in [3.05, 3.63) is 53.1 Å². The predicted molar refractivity (Wildman–Crippen MR) is 96.6 cm³/mol. The van der Waals surface area contributed by atoms with Crippen LogP contribution in [0.15, 0.2) is 42.5 Å². The maximum Gasteiger partial charge on any atom is 0.119 e. The van der Waals surface area contributed by atoms with Gasteiger partial charge in [0.25, 0.3) is 0 Å². The van der Waals surface area contributed by atoms with Gasteiger partial charge < -0.3 is 14.6 Å². The fourth-order valence-corrected chi connectivity index (χ4v) is 3.37. The molecular weight excluding hydrogens is 324 g/mol. The number of rotatable bonds is 5. The number of hydrogen-bond acceptors (Lipinski definition) is 3. The molecule has 1 aliphatic rings. The normalized spacial score (nSPS) is 20.8. The smallest absolute Gasteiger partial charge is 0.119 e. The zero-order chi connectivity index (χ0) is 16.9. The summed E-state index contributed by atoms with van der Waals surface area (Å²) in [6.07, 6.45) is 2.92. The number of aliphatic hydroxyl groups excluding tert-OH is 1. The van der Waals surface area contributed by atoms with E-state index < -0.39 is 0 Å². The van der Waals surface area contributed by atoms with Gasteiger partial charge in [0.2, 0.25) is 0 Å². The zero-order valence-corrected chi connectivity index (χ0v) is 14.6. The summed E-state index contributed by atoms with van der Waals surface area (Å²) in [5, 5.41) is 10.1. The van der Waals surface area contributed by atoms with Gasteiger partial charge in [-0.2, -0.15) is 0 Å². The highest BCUT2D eigenvalue weighted by molar-refractivity contribution is 6.33. The van der Waals surface area contributed by atoms with E-state index in [2.05, 4.69) is 6.07 Å². The largest absolute Gasteiger partial charge is 0.494 e. The van der Waals surface area contributed by atoms with Crippen LogP contribution in [0.1, 0.15) is 37.9 Å². The quantitative estimate of drug-likeness (QED) is 0.827. The van der Waals surface area contributed by atoms with Crippen molar-refractivity contribution in [2.45, 2.75) is 38.4 Å². The molecular formula is C20H23ClO3. The third-order valence-electron chi connectivity index (χ3n) is 4.39. The highest BCUT2D eigenvalue weighted by atomic mass is 35.5. The number of halogens is 1. The van der Waals surface area contributed by atoms with Crippen molar-refractivity contribution in [3.8, 4) is 16.9 Å². The van der Waals surface area contributed by atoms with Crippen molar-refractivity contribution in [2.75, 3.05) is 13.2 Å². The van der Waals surface area contributed by atoms with Crippen molar-refractivity contribution < 1.29 is 14.6 Å². The fraction of sp³-hybridized carbons (Fsp3) is 0.400. The van der Waals surface area contributed by atoms with Gasteiger partial charge in [0.15, 0.2) is 0 Å². The minimum Gasteiger partial charge on any atom is -0.494 e. The molecule has 0 aromatic heterocycles. The molecule has 0 bridgehead atoms. The van der Waals surface area contributed by atoms with Gasteiger partial charge in [-0.3, -0.25) is 0 Å². The maximum absolute atomic E-state index is 9.34. The molecule has 1 saturated heterocycles. The molecule has 0 radical (unpaired) electrons. The molecule has 2 atom stereocenters. The van der Waals surface area contributed by atoms with Crippen LogP contribution >= 0.6 is 11.6 Å². The summed E-state index contributed by atoms with van der Waals surface area (Å²) in [6, 6.07) is 14.0. The average Bonchev–Trinajstić information content (AvgIpc) is 2.63. The molecule has 3 nitrogen and oxygen atoms in total. The standard InChI is InChI=1S/C20H23ClO3/c1-2-23-16-9-6-14(7-10-16)18-12-15(8-11-19(18)21)20-5-3-4-17(13-22)24-20/h6-12,17,20,22H,2-5,13H2,1H3/t17-,20+/m1/s1. The SMILES string of the molecule is CCOc1ccc(-c2cc([C@@H]3CCC[C@H](CO)O3)ccc2Cl)cc1. The lowest BCUT2D eigenvalue weighted by Gasteiger charge is -2.29. The zero-order valence-electron chi connectivity index (χ0n) is 13.9. The van der Waals surface area contributed by atoms with Crippen molar-refractivity contribution in [1.29, 1.82) is 0 Å². The van der Waals surface area contributed by atoms with Crippen LogP contribution in [0, 0.1) is 0 Å². The first-order valence-corrected chi connectivity index (χ1v) is 8.88. The molecule has 1 heterocycles. The molecule has 0 unspecified atom stereocenters. The summed E-state index contributed by atoms with van der Waals surface area (Å²) in [5.41, 5.74) is 3.16. The second kappa shape index (κ2) is 8.02. The highest BCUT2D eigenvalue weighted by Gasteiger charge is 2.23. The molecule has 1 aliphatic heterocycles. The van der Waals surface area contributed by atoms with Crippen molar-refractivity contribution >= 4 is 11.6 Å². The summed E-state index contributed by atoms with van der Waals surface area (Å²) in [5.74, 6) is 0.856. The topological polar surface area (TPSA) is 38.7 Å². The summed E-state index contributed by atoms with van der Waals surface area (Å²) < 4.78 is 11.5. The van der Waals surface area contributed by atoms with Gasteiger partial charge in [-0.1, -0.05) is 29.8 Å². The molecule has 2 aromatic carbocycles. The molecule has 1 fully saturated rings. The lowest BCUT2D eigenvalue weighted by atomic mass is 9.95. The monoisotopic (exact) mass is 346 g/mol. The third kappa shape index (κ3) is 3.92. The van der Waals surface area contributed by atoms with Gasteiger partial charge in [-0.05, 0) is 61.6 Å². The Morgan fingerprint density at radius 2 is 1.96 bits per heavy atom. The summed E-state index contributed by atoms with van der Waals surface area (Å²) >= 11 is 6.41. The van der Waals surface area contributed by atoms with Crippen LogP contribution in [0.4, 0.5) is 0 Å². The van der Waals surface area contributed by atoms with E-state index in [1.165, 1.54) is 0 Å². The number of benzene rings is 2. The highest BCUT2D eigenvalue weighted by Crippen LogP contribution is 2.36. The second-order valence-corrected chi connectivity index (χ2v) is 6.46. The van der Waals surface area contributed by atoms with E-state index in [4.69, 9.17) is 21.1 Å². The van der Waals surface area contributed by atoms with Crippen LogP contribution in [-0.2, 0) is 4.74 Å². The molecule has 0 spiro atoms. The second-order valence-electron chi connectivity index (χ2n) is 6.06. The van der Waals surface area contributed by atoms with E-state index in [1.54, 1.807) is 0 Å². The van der Waals surface area contributed by atoms with E-state index in [9.17, 15) is 5.11 Å². The summed E-state index contributed by atoms with van der Waals surface area (Å²) in [4.78, 5) is 0. The van der Waals surface area contributed by atoms with Crippen LogP contribution in [-0.4, -0.2) is 24.4 Å². The van der Waals surface area contributed by atoms with E-state index in [0.717, 1.165) is 46.7 Å². The minimum atomic E-state index is -0.0617. The number of hydrogen-bond donors (Lipinski definition) is 1. The summed E-state index contributed by atoms with van der Waals surface area (Å²) in [6.45, 7) is 2.70. The average molecular weight is 347 g/mol. The molecule has 0 amide bonds. The van der Waals surface area contributed by atoms with Crippen molar-refractivity contribution in [2.24, 2.45) is 0 Å². The lowest BCUT2D eigenvalue weighted by molar-refractivity contribution is -0.0736. The van der Waals surface area contributed by atoms with Gasteiger partial charge >= 0.3 is 0 Å². The molecule has 0 aliphatic carbocycles. The summed E-state index contributed by atoms with van der Waals surface area (Å²) in [7, 11) is 0. The third-order valence-corrected chi connectivity index (χ3v) is 4.72. The predicted octanol–water partition coefficient (Wildman–Crippen LogP) is 5.01. The van der Waals surface area contributed by atoms with Gasteiger partial charge in [-0.25, -0.2) is 0 Å². The van der Waals surface area contributed by atoms with Crippen LogP contribution < -0.4 is 4.74 Å². The molecule has 2 aromatic rings. The van der Waals surface area contributed by atoms with Crippen LogP contribution in [0.2, 0.25) is 5.02 Å². The molecule has 24 heavy (non-hydrogen) atoms. The first-order valence-electron chi connectivity index (χ1n) is 8.50. The first kappa shape index (κ1) is 17.3. The van der Waals surface area contributed by atoms with Crippen LogP contribution in [0.3, 0.4) is 0 Å². The molecule has 4 heteroatoms. The van der Waals surface area contributed by atoms with E-state index in [1.807, 2.05) is 43.3 Å². The van der Waals surface area contributed by atoms with Gasteiger partial charge in [0.1, 0.15) is 5.75 Å². The van der Waals surface area contributed by atoms with E-state index in [-0.39, 0.29) is 18.8 Å². The van der Waals surface area contributed by atoms with Crippen LogP contribution in [0.25, 0.3) is 11.1 Å². The van der Waals surface area contributed by atoms with E-state index in [0.29, 0.717) is 6.61 Å². The Morgan fingerprint density at radius 1 is 1.17 bits per heavy atom. The molecule has 3 rings (SSSR count). The lowest BCUT2D eigenvalue weighted by Crippen LogP contribution is -2.25. The molecule has 0 saturated carbocycles. The minimum absolute atomic E-state index is 0.0228. The van der Waals surface area contributed by atoms with Crippen LogP contribution in [0.5, 0.6) is 5.75 Å². The Hall–Kier alpha value is -1.55. The fourth-order valence-electron chi connectivity index (χ4n) is 3.14. The Bertz CT molecular complexity index is 669. The van der Waals surface area contributed by atoms with Crippen molar-refractivity contribution in [1.82, 2.24) is 0 Å². The maximum atomic E-state index is 9.34. The Balaban J connectivity index is 1.86. The first-order chi connectivity index (χ1) is 11.7. The number of ether oxygens (including phenoxy) is 2. The Labute approximate surface area is 148 Å². The Morgan fingerprint density at radius 3 is 2.67 bits per heavy atom. The van der Waals surface area contributed by atoms with Gasteiger partial charge in [0.05, 0.1) is 25.4 Å². The van der Waals surface area contributed by atoms with E-state index >= 15 is 0 Å². The number of aliphatic hydroxyl groups is 1. The molecule has 1 N–H and O–H groups in total. The Kier molecular flexibility index (Phi) is 5.77. The van der Waals surface area contributed by atoms with Crippen molar-refractivity contribution in [3.63, 3.8) is 0 Å².